The number of aryl methyl sites for hydroxylation is 1. The highest BCUT2D eigenvalue weighted by molar-refractivity contribution is 5.50. The summed E-state index contributed by atoms with van der Waals surface area (Å²) in [6, 6.07) is 30.0. The van der Waals surface area contributed by atoms with Crippen molar-refractivity contribution in [2.75, 3.05) is 55.0 Å². The predicted octanol–water partition coefficient (Wildman–Crippen LogP) is 5.07. The van der Waals surface area contributed by atoms with Gasteiger partial charge in [-0.3, -0.25) is 0 Å². The maximum Gasteiger partial charge on any atom is 0.0367 e. The zero-order valence-corrected chi connectivity index (χ0v) is 17.3. The van der Waals surface area contributed by atoms with E-state index in [2.05, 4.69) is 121 Å². The highest BCUT2D eigenvalue weighted by Gasteiger charge is 2.10. The van der Waals surface area contributed by atoms with E-state index in [9.17, 15) is 0 Å². The SMILES string of the molecule is Cc1ccc(N(CCN(C)c2ccccc2)CCN(C)c2ccccc2)cc1. The third-order valence-corrected chi connectivity index (χ3v) is 5.20. The van der Waals surface area contributed by atoms with Crippen LogP contribution in [0.25, 0.3) is 0 Å². The lowest BCUT2D eigenvalue weighted by Crippen LogP contribution is -2.38. The van der Waals surface area contributed by atoms with Gasteiger partial charge in [0.2, 0.25) is 0 Å². The van der Waals surface area contributed by atoms with Gasteiger partial charge in [-0.2, -0.15) is 0 Å². The van der Waals surface area contributed by atoms with Crippen LogP contribution in [0, 0.1) is 6.92 Å². The molecular weight excluding hydrogens is 342 g/mol. The number of likely N-dealkylation sites (N-methyl/N-ethyl adjacent to an activating group) is 2. The Morgan fingerprint density at radius 1 is 0.500 bits per heavy atom. The number of benzene rings is 3. The second kappa shape index (κ2) is 9.84. The molecule has 3 aromatic rings. The van der Waals surface area contributed by atoms with E-state index in [-0.39, 0.29) is 0 Å². The van der Waals surface area contributed by atoms with E-state index in [1.165, 1.54) is 22.6 Å². The monoisotopic (exact) mass is 373 g/mol. The Hall–Kier alpha value is -2.94. The van der Waals surface area contributed by atoms with Gasteiger partial charge in [-0.1, -0.05) is 54.1 Å². The molecule has 0 radical (unpaired) electrons. The third-order valence-electron chi connectivity index (χ3n) is 5.20. The molecule has 0 saturated carbocycles. The van der Waals surface area contributed by atoms with Crippen LogP contribution in [-0.2, 0) is 0 Å². The molecule has 0 amide bonds. The van der Waals surface area contributed by atoms with Gasteiger partial charge in [-0.25, -0.2) is 0 Å². The van der Waals surface area contributed by atoms with Gasteiger partial charge in [-0.05, 0) is 43.3 Å². The van der Waals surface area contributed by atoms with Gasteiger partial charge in [0, 0.05) is 57.3 Å². The van der Waals surface area contributed by atoms with E-state index in [4.69, 9.17) is 0 Å². The fraction of sp³-hybridized carbons (Fsp3) is 0.280. The molecule has 0 spiro atoms. The topological polar surface area (TPSA) is 9.72 Å². The summed E-state index contributed by atoms with van der Waals surface area (Å²) < 4.78 is 0. The summed E-state index contributed by atoms with van der Waals surface area (Å²) in [7, 11) is 4.33. The van der Waals surface area contributed by atoms with Gasteiger partial charge in [-0.15, -0.1) is 0 Å². The van der Waals surface area contributed by atoms with Gasteiger partial charge < -0.3 is 14.7 Å². The minimum atomic E-state index is 0.979. The minimum Gasteiger partial charge on any atom is -0.373 e. The van der Waals surface area contributed by atoms with Crippen LogP contribution in [0.1, 0.15) is 5.56 Å². The van der Waals surface area contributed by atoms with Crippen molar-refractivity contribution in [1.82, 2.24) is 0 Å². The van der Waals surface area contributed by atoms with Crippen molar-refractivity contribution < 1.29 is 0 Å². The van der Waals surface area contributed by atoms with Crippen molar-refractivity contribution in [1.29, 1.82) is 0 Å². The molecule has 0 unspecified atom stereocenters. The van der Waals surface area contributed by atoms with Crippen LogP contribution in [0.3, 0.4) is 0 Å². The van der Waals surface area contributed by atoms with Gasteiger partial charge in [0.25, 0.3) is 0 Å². The van der Waals surface area contributed by atoms with Gasteiger partial charge in [0.15, 0.2) is 0 Å². The van der Waals surface area contributed by atoms with Crippen LogP contribution < -0.4 is 14.7 Å². The number of nitrogens with zero attached hydrogens (tertiary/aromatic N) is 3. The van der Waals surface area contributed by atoms with E-state index < -0.39 is 0 Å². The smallest absolute Gasteiger partial charge is 0.0367 e. The molecule has 3 heteroatoms. The maximum absolute atomic E-state index is 2.48. The zero-order valence-electron chi connectivity index (χ0n) is 17.3. The van der Waals surface area contributed by atoms with Crippen molar-refractivity contribution in [3.05, 3.63) is 90.5 Å². The van der Waals surface area contributed by atoms with E-state index in [0.29, 0.717) is 0 Å². The number of para-hydroxylation sites is 2. The molecule has 0 aliphatic rings. The summed E-state index contributed by atoms with van der Waals surface area (Å²) >= 11 is 0. The van der Waals surface area contributed by atoms with Crippen LogP contribution in [-0.4, -0.2) is 40.3 Å². The van der Waals surface area contributed by atoms with Crippen molar-refractivity contribution in [3.63, 3.8) is 0 Å². The molecule has 0 saturated heterocycles. The summed E-state index contributed by atoms with van der Waals surface area (Å²) in [4.78, 5) is 7.13. The van der Waals surface area contributed by atoms with Crippen LogP contribution in [0.4, 0.5) is 17.1 Å². The zero-order chi connectivity index (χ0) is 19.8. The lowest BCUT2D eigenvalue weighted by molar-refractivity contribution is 0.743. The van der Waals surface area contributed by atoms with E-state index in [1.54, 1.807) is 0 Å². The quantitative estimate of drug-likeness (QED) is 0.518. The van der Waals surface area contributed by atoms with Crippen molar-refractivity contribution in [2.45, 2.75) is 6.92 Å². The number of hydrogen-bond donors (Lipinski definition) is 0. The Kier molecular flexibility index (Phi) is 6.96. The fourth-order valence-electron chi connectivity index (χ4n) is 3.29. The number of rotatable bonds is 9. The van der Waals surface area contributed by atoms with E-state index in [1.807, 2.05) is 0 Å². The first kappa shape index (κ1) is 19.8. The molecule has 0 N–H and O–H groups in total. The summed E-state index contributed by atoms with van der Waals surface area (Å²) in [5, 5.41) is 0. The van der Waals surface area contributed by atoms with E-state index in [0.717, 1.165) is 26.2 Å². The molecule has 3 aromatic carbocycles. The number of anilines is 3. The molecule has 146 valence electrons. The van der Waals surface area contributed by atoms with Gasteiger partial charge in [0.05, 0.1) is 0 Å². The standard InChI is InChI=1S/C25H31N3/c1-22-14-16-25(17-15-22)28(20-18-26(2)23-10-6-4-7-11-23)21-19-27(3)24-12-8-5-9-13-24/h4-17H,18-21H2,1-3H3. The molecule has 0 heterocycles. The van der Waals surface area contributed by atoms with Crippen LogP contribution in [0.5, 0.6) is 0 Å². The Morgan fingerprint density at radius 2 is 0.929 bits per heavy atom. The van der Waals surface area contributed by atoms with Crippen LogP contribution in [0.2, 0.25) is 0 Å². The molecule has 0 bridgehead atoms. The summed E-state index contributed by atoms with van der Waals surface area (Å²) in [5.74, 6) is 0. The second-order valence-electron chi connectivity index (χ2n) is 7.34. The summed E-state index contributed by atoms with van der Waals surface area (Å²) in [5.41, 5.74) is 5.10. The third kappa shape index (κ3) is 5.53. The summed E-state index contributed by atoms with van der Waals surface area (Å²) in [6.07, 6.45) is 0. The Labute approximate surface area is 169 Å². The van der Waals surface area contributed by atoms with Crippen molar-refractivity contribution in [2.24, 2.45) is 0 Å². The fourth-order valence-corrected chi connectivity index (χ4v) is 3.29. The highest BCUT2D eigenvalue weighted by Crippen LogP contribution is 2.17. The maximum atomic E-state index is 2.48. The largest absolute Gasteiger partial charge is 0.373 e. The highest BCUT2D eigenvalue weighted by atomic mass is 15.2. The van der Waals surface area contributed by atoms with Gasteiger partial charge >= 0.3 is 0 Å². The molecule has 3 rings (SSSR count). The summed E-state index contributed by atoms with van der Waals surface area (Å²) in [6.45, 7) is 6.06. The minimum absolute atomic E-state index is 0.979. The molecule has 3 nitrogen and oxygen atoms in total. The number of hydrogen-bond acceptors (Lipinski definition) is 3. The van der Waals surface area contributed by atoms with Crippen molar-refractivity contribution >= 4 is 17.1 Å². The van der Waals surface area contributed by atoms with Crippen LogP contribution >= 0.6 is 0 Å². The molecular formula is C25H31N3. The first-order chi connectivity index (χ1) is 13.6. The lowest BCUT2D eigenvalue weighted by Gasteiger charge is -2.30. The normalized spacial score (nSPS) is 10.5. The average Bonchev–Trinajstić information content (AvgIpc) is 2.75. The molecule has 28 heavy (non-hydrogen) atoms. The van der Waals surface area contributed by atoms with Gasteiger partial charge in [0.1, 0.15) is 0 Å². The molecule has 0 aliphatic carbocycles. The lowest BCUT2D eigenvalue weighted by atomic mass is 10.2. The molecule has 0 aromatic heterocycles. The first-order valence-corrected chi connectivity index (χ1v) is 9.97. The Morgan fingerprint density at radius 3 is 1.36 bits per heavy atom. The van der Waals surface area contributed by atoms with Crippen molar-refractivity contribution in [3.8, 4) is 0 Å². The average molecular weight is 374 g/mol. The second-order valence-corrected chi connectivity index (χ2v) is 7.34. The van der Waals surface area contributed by atoms with Crippen LogP contribution in [0.15, 0.2) is 84.9 Å². The Balaban J connectivity index is 1.65. The Bertz CT molecular complexity index is 766. The molecule has 0 aliphatic heterocycles. The molecule has 0 atom stereocenters. The first-order valence-electron chi connectivity index (χ1n) is 9.97. The molecule has 0 fully saturated rings. The van der Waals surface area contributed by atoms with E-state index >= 15 is 0 Å². The predicted molar refractivity (Wildman–Crippen MR) is 123 cm³/mol.